The summed E-state index contributed by atoms with van der Waals surface area (Å²) in [5.74, 6) is 0. The third-order valence-corrected chi connectivity index (χ3v) is 30.9. The fourth-order valence-corrected chi connectivity index (χ4v) is 23.4. The second-order valence-corrected chi connectivity index (χ2v) is 39.8. The molecule has 0 aliphatic carbocycles. The van der Waals surface area contributed by atoms with Crippen LogP contribution < -0.4 is 4.90 Å². The Morgan fingerprint density at radius 3 is 0.874 bits per heavy atom. The summed E-state index contributed by atoms with van der Waals surface area (Å²) < 4.78 is 66.9. The zero-order valence-electron chi connectivity index (χ0n) is 77.5. The Hall–Kier alpha value is -18.9. The topological polar surface area (TPSA) is 172 Å². The maximum atomic E-state index is 14.1. The van der Waals surface area contributed by atoms with Crippen LogP contribution in [0, 0.1) is 40.6 Å². The van der Waals surface area contributed by atoms with E-state index in [-0.39, 0.29) is 25.0 Å². The predicted octanol–water partition coefficient (Wildman–Crippen LogP) is 31.5. The van der Waals surface area contributed by atoms with Gasteiger partial charge in [-0.25, -0.2) is 21.7 Å². The molecule has 0 unspecified atom stereocenters. The van der Waals surface area contributed by atoms with Crippen molar-refractivity contribution in [2.75, 3.05) is 4.90 Å². The van der Waals surface area contributed by atoms with E-state index >= 15 is 0 Å². The van der Waals surface area contributed by atoms with Gasteiger partial charge < -0.3 is 27.7 Å². The van der Waals surface area contributed by atoms with Crippen LogP contribution in [0.25, 0.3) is 165 Å². The number of hydrogen-bond donors (Lipinski definition) is 0. The summed E-state index contributed by atoms with van der Waals surface area (Å²) in [7, 11) is -7.53. The van der Waals surface area contributed by atoms with Gasteiger partial charge in [-0.05, 0) is 246 Å². The highest BCUT2D eigenvalue weighted by Gasteiger charge is 2.37. The molecule has 0 N–H and O–H groups in total. The smallest absolute Gasteiger partial charge is 0.206 e. The summed E-state index contributed by atoms with van der Waals surface area (Å²) in [6.45, 7) is 11.8. The normalized spacial score (nSPS) is 12.1. The van der Waals surface area contributed by atoms with E-state index in [1.807, 2.05) is 152 Å². The van der Waals surface area contributed by atoms with Crippen LogP contribution in [0.2, 0.25) is 0 Å². The Labute approximate surface area is 826 Å². The van der Waals surface area contributed by atoms with Gasteiger partial charge >= 0.3 is 0 Å². The molecule has 0 amide bonds. The Kier molecular flexibility index (Phi) is 22.3. The lowest BCUT2D eigenvalue weighted by Gasteiger charge is -2.42. The van der Waals surface area contributed by atoms with Crippen LogP contribution in [-0.2, 0) is 25.1 Å². The number of aromatic nitrogens is 5. The predicted molar refractivity (Wildman–Crippen MR) is 579 cm³/mol. The van der Waals surface area contributed by atoms with E-state index in [1.54, 1.807) is 72.8 Å². The fraction of sp³-hybridized carbons (Fsp3) is 0.0236. The first-order chi connectivity index (χ1) is 70.0. The monoisotopic (exact) mass is 1880 g/mol. The zero-order chi connectivity index (χ0) is 97.2. The van der Waals surface area contributed by atoms with Crippen LogP contribution in [0.5, 0.6) is 0 Å². The lowest BCUT2D eigenvalue weighted by Crippen LogP contribution is -2.30. The summed E-state index contributed by atoms with van der Waals surface area (Å²) in [5, 5.41) is 39.6. The summed E-state index contributed by atoms with van der Waals surface area (Å²) in [5.41, 5.74) is 26.6. The molecule has 26 rings (SSSR count). The third-order valence-electron chi connectivity index (χ3n) is 27.4. The molecule has 1 aliphatic heterocycles. The average molecular weight is 1880 g/mol. The van der Waals surface area contributed by atoms with Gasteiger partial charge in [0, 0.05) is 99.0 Å². The van der Waals surface area contributed by atoms with E-state index < -0.39 is 19.7 Å². The Morgan fingerprint density at radius 2 is 0.517 bits per heavy atom. The first kappa shape index (κ1) is 88.1. The molecular weight excluding hydrogens is 1790 g/mol. The molecule has 0 saturated heterocycles. The molecule has 25 aromatic rings. The number of para-hydroxylation sites is 12. The molecule has 0 bridgehead atoms. The molecule has 16 heteroatoms. The van der Waals surface area contributed by atoms with Crippen LogP contribution in [0.3, 0.4) is 0 Å². The van der Waals surface area contributed by atoms with Crippen molar-refractivity contribution in [2.45, 2.75) is 38.8 Å². The molecule has 0 atom stereocenters. The van der Waals surface area contributed by atoms with Gasteiger partial charge in [0.2, 0.25) is 19.7 Å². The summed E-state index contributed by atoms with van der Waals surface area (Å²) >= 11 is 0. The van der Waals surface area contributed by atoms with E-state index in [9.17, 15) is 32.6 Å². The Morgan fingerprint density at radius 1 is 0.231 bits per heavy atom. The maximum Gasteiger partial charge on any atom is 0.206 e. The highest BCUT2D eigenvalue weighted by Crippen LogP contribution is 2.53. The number of fused-ring (bicyclic) bond motifs is 17. The van der Waals surface area contributed by atoms with Crippen molar-refractivity contribution in [3.63, 3.8) is 0 Å². The van der Waals surface area contributed by atoms with E-state index in [2.05, 4.69) is 313 Å². The second-order valence-electron chi connectivity index (χ2n) is 35.9. The van der Waals surface area contributed by atoms with Crippen LogP contribution in [0.15, 0.2) is 493 Å². The van der Waals surface area contributed by atoms with E-state index in [1.165, 1.54) is 54.5 Å². The van der Waals surface area contributed by atoms with Crippen molar-refractivity contribution in [2.24, 2.45) is 0 Å². The van der Waals surface area contributed by atoms with Gasteiger partial charge in [0.05, 0.1) is 122 Å². The molecule has 14 nitrogen and oxygen atoms in total. The van der Waals surface area contributed by atoms with Crippen LogP contribution in [-0.4, -0.2) is 39.7 Å². The summed E-state index contributed by atoms with van der Waals surface area (Å²) in [6, 6.07) is 162. The Balaban J connectivity index is 0.000000108. The van der Waals surface area contributed by atoms with Crippen LogP contribution in [0.1, 0.15) is 41.7 Å². The fourth-order valence-electron chi connectivity index (χ4n) is 20.8. The van der Waals surface area contributed by atoms with Crippen LogP contribution in [0.4, 0.5) is 22.7 Å². The van der Waals surface area contributed by atoms with Gasteiger partial charge in [-0.15, -0.1) is 0 Å². The minimum absolute atomic E-state index is 0.154. The molecule has 5 aromatic heterocycles. The van der Waals surface area contributed by atoms with Crippen molar-refractivity contribution < 1.29 is 16.8 Å². The first-order valence-electron chi connectivity index (χ1n) is 46.9. The van der Waals surface area contributed by atoms with Gasteiger partial charge in [-0.2, -0.15) is 15.8 Å². The minimum Gasteiger partial charge on any atom is -0.310 e. The average Bonchev–Trinajstić information content (AvgIpc) is 1.72. The van der Waals surface area contributed by atoms with Gasteiger partial charge in [-0.3, -0.25) is 0 Å². The van der Waals surface area contributed by atoms with E-state index in [0.717, 1.165) is 133 Å². The maximum absolute atomic E-state index is 14.1. The molecular formula is C127H84N10O4S2. The van der Waals surface area contributed by atoms with Crippen molar-refractivity contribution in [1.82, 2.24) is 22.8 Å². The number of sulfone groups is 2. The molecule has 20 aromatic carbocycles. The van der Waals surface area contributed by atoms with Crippen LogP contribution >= 0.6 is 0 Å². The number of rotatable bonds is 12. The standard InChI is InChI=1S/C39H30N2O2S.C36H24N2O2S.2C26H15N3/c1-39(2)33-13-5-9-17-37(33)41(38-18-10-6-14-34(38)39)28-21-25-30(26-22-28)44(42,43)29-23-19-27(20-24-29)40-35-15-7-3-11-31(35)32-12-4-8-16-36(32)40;39-41(40,27-12-2-1-3-13-27)28-23-25(37-33-18-8-4-14-29(33)30-15-5-9-19-34(30)37)22-26(24-28)38-35-20-10-6-16-31(35)32-17-7-11-21-36(32)38;1-28-21-15-18(17-27)14-20(16-21)19-10-12-22(13-11-19)29-25-8-4-2-6-23(25)24-7-3-5-9-26(24)29;27-16-18-12-19(17-28)14-21(13-18)20-6-5-7-22(15-20)29-25-10-3-1-8-23(25)24-9-2-4-11-26(24)29/h3-26H,1-2H3;1-24H;2-16H;1-15H. The van der Waals surface area contributed by atoms with Gasteiger partial charge in [0.25, 0.3) is 0 Å². The quantitative estimate of drug-likeness (QED) is 0.109. The number of anilines is 3. The minimum atomic E-state index is -3.81. The van der Waals surface area contributed by atoms with Crippen molar-refractivity contribution >= 4 is 151 Å². The summed E-state index contributed by atoms with van der Waals surface area (Å²) in [4.78, 5) is 6.77. The highest BCUT2D eigenvalue weighted by atomic mass is 32.2. The number of nitrogens with zero attached hydrogens (tertiary/aromatic N) is 10. The summed E-state index contributed by atoms with van der Waals surface area (Å²) in [6.07, 6.45) is 0. The number of nitriles is 3. The lowest BCUT2D eigenvalue weighted by molar-refractivity contribution is 0.594. The highest BCUT2D eigenvalue weighted by molar-refractivity contribution is 7.91. The third kappa shape index (κ3) is 15.5. The number of hydrogen-bond acceptors (Lipinski definition) is 8. The van der Waals surface area contributed by atoms with Gasteiger partial charge in [-0.1, -0.05) is 275 Å². The Bertz CT molecular complexity index is 9360. The number of benzene rings is 20. The van der Waals surface area contributed by atoms with Gasteiger partial charge in [0.1, 0.15) is 0 Å². The molecule has 678 valence electrons. The molecule has 0 fully saturated rings. The molecule has 0 spiro atoms. The zero-order valence-corrected chi connectivity index (χ0v) is 79.1. The SMILES string of the molecule is CC1(C)c2ccccc2N(c2ccc(S(=O)(=O)c3ccc(-n4c5ccccc5c5ccccc54)cc3)cc2)c2ccccc21.N#Cc1cc(C#N)cc(-c2cccc(-n3c4ccccc4c4ccccc43)c2)c1.O=S(=O)(c1ccccc1)c1cc(-n2c3ccccc3c3ccccc32)cc(-n2c3ccccc3c3ccccc32)c1.[C-]#[N+]c1cc(C#N)cc(-c2ccc(-n3c4ccccc4c4ccccc43)cc2)c1. The first-order valence-corrected chi connectivity index (χ1v) is 49.9. The van der Waals surface area contributed by atoms with E-state index in [4.69, 9.17) is 6.57 Å². The van der Waals surface area contributed by atoms with Crippen molar-refractivity contribution in [3.05, 3.63) is 512 Å². The molecule has 6 heterocycles. The largest absolute Gasteiger partial charge is 0.310 e. The van der Waals surface area contributed by atoms with Crippen molar-refractivity contribution in [1.29, 1.82) is 15.8 Å². The van der Waals surface area contributed by atoms with E-state index in [0.29, 0.717) is 22.4 Å². The second kappa shape index (κ2) is 36.2. The molecule has 0 saturated carbocycles. The molecule has 1 aliphatic rings. The molecule has 0 radical (unpaired) electrons. The van der Waals surface area contributed by atoms with Crippen molar-refractivity contribution in [3.8, 4) is 68.9 Å². The lowest BCUT2D eigenvalue weighted by atomic mass is 9.73. The molecule has 143 heavy (non-hydrogen) atoms. The van der Waals surface area contributed by atoms with Gasteiger partial charge in [0.15, 0.2) is 5.69 Å².